The van der Waals surface area contributed by atoms with Gasteiger partial charge >= 0.3 is 0 Å². The topological polar surface area (TPSA) is 40.5 Å². The minimum absolute atomic E-state index is 0.0225. The number of hydrogen-bond donors (Lipinski definition) is 2. The summed E-state index contributed by atoms with van der Waals surface area (Å²) in [4.78, 5) is 0. The van der Waals surface area contributed by atoms with E-state index >= 15 is 0 Å². The fraction of sp³-hybridized carbons (Fsp3) is 0.100. The third-order valence-electron chi connectivity index (χ3n) is 4.67. The normalized spacial score (nSPS) is 11.5. The van der Waals surface area contributed by atoms with Gasteiger partial charge in [0.15, 0.2) is 11.5 Å². The van der Waals surface area contributed by atoms with Crippen molar-refractivity contribution in [3.63, 3.8) is 0 Å². The van der Waals surface area contributed by atoms with Gasteiger partial charge in [-0.05, 0) is 64.0 Å². The van der Waals surface area contributed by atoms with Crippen molar-refractivity contribution >= 4 is 32.3 Å². The lowest BCUT2D eigenvalue weighted by Crippen LogP contribution is -1.88. The molecule has 4 aromatic carbocycles. The van der Waals surface area contributed by atoms with Crippen molar-refractivity contribution in [3.05, 3.63) is 59.7 Å². The molecule has 0 spiro atoms. The van der Waals surface area contributed by atoms with Crippen LogP contribution in [0.3, 0.4) is 0 Å². The molecule has 0 aliphatic rings. The molecule has 0 unspecified atom stereocenters. The molecule has 0 fully saturated rings. The molecule has 0 saturated heterocycles. The molecule has 4 rings (SSSR count). The van der Waals surface area contributed by atoms with E-state index in [1.54, 1.807) is 0 Å². The molecule has 0 aliphatic heterocycles. The minimum atomic E-state index is -0.0287. The summed E-state index contributed by atoms with van der Waals surface area (Å²) in [7, 11) is 0. The molecule has 0 bridgehead atoms. The number of phenolic OH excluding ortho intramolecular Hbond substituents is 2. The molecule has 108 valence electrons. The Labute approximate surface area is 128 Å². The van der Waals surface area contributed by atoms with Crippen LogP contribution in [0.4, 0.5) is 0 Å². The molecule has 2 nitrogen and oxygen atoms in total. The molecule has 0 radical (unpaired) electrons. The van der Waals surface area contributed by atoms with Crippen LogP contribution in [-0.2, 0) is 0 Å². The van der Waals surface area contributed by atoms with E-state index in [1.807, 2.05) is 32.0 Å². The van der Waals surface area contributed by atoms with Crippen molar-refractivity contribution in [1.29, 1.82) is 0 Å². The van der Waals surface area contributed by atoms with Crippen LogP contribution in [0.5, 0.6) is 11.5 Å². The van der Waals surface area contributed by atoms with Crippen molar-refractivity contribution < 1.29 is 10.2 Å². The highest BCUT2D eigenvalue weighted by Gasteiger charge is 2.15. The third-order valence-corrected chi connectivity index (χ3v) is 4.67. The van der Waals surface area contributed by atoms with Crippen LogP contribution < -0.4 is 0 Å². The van der Waals surface area contributed by atoms with Gasteiger partial charge in [0.1, 0.15) is 0 Å². The zero-order valence-corrected chi connectivity index (χ0v) is 12.5. The van der Waals surface area contributed by atoms with Crippen LogP contribution in [0.1, 0.15) is 11.1 Å². The van der Waals surface area contributed by atoms with Crippen molar-refractivity contribution in [1.82, 2.24) is 0 Å². The Balaban J connectivity index is 2.30. The molecule has 0 aromatic heterocycles. The van der Waals surface area contributed by atoms with Gasteiger partial charge in [-0.1, -0.05) is 36.4 Å². The van der Waals surface area contributed by atoms with Gasteiger partial charge in [0.25, 0.3) is 0 Å². The number of aryl methyl sites for hydroxylation is 1. The highest BCUT2D eigenvalue weighted by atomic mass is 16.3. The lowest BCUT2D eigenvalue weighted by molar-refractivity contribution is 0.405. The first-order chi connectivity index (χ1) is 10.6. The highest BCUT2D eigenvalue weighted by molar-refractivity contribution is 6.16. The van der Waals surface area contributed by atoms with Crippen LogP contribution in [0, 0.1) is 13.8 Å². The quantitative estimate of drug-likeness (QED) is 0.266. The lowest BCUT2D eigenvalue weighted by atomic mass is 9.93. The Morgan fingerprint density at radius 3 is 2.05 bits per heavy atom. The van der Waals surface area contributed by atoms with E-state index < -0.39 is 0 Å². The third kappa shape index (κ3) is 1.61. The molecule has 0 saturated carbocycles. The number of phenols is 2. The summed E-state index contributed by atoms with van der Waals surface area (Å²) in [5.74, 6) is -0.0513. The molecule has 0 amide bonds. The summed E-state index contributed by atoms with van der Waals surface area (Å²) in [6, 6.07) is 16.5. The van der Waals surface area contributed by atoms with E-state index in [-0.39, 0.29) is 11.5 Å². The van der Waals surface area contributed by atoms with E-state index in [0.717, 1.165) is 38.1 Å². The zero-order chi connectivity index (χ0) is 15.4. The first-order valence-corrected chi connectivity index (χ1v) is 7.34. The standard InChI is InChI=1S/C20H16O2/c1-11-12(2)19(21)20(22)18-16(11)8-7-15-9-13-5-3-4-6-14(13)10-17(15)18/h3-10,21-22H,1-2H3. The van der Waals surface area contributed by atoms with E-state index in [1.165, 1.54) is 5.39 Å². The average molecular weight is 288 g/mol. The van der Waals surface area contributed by atoms with Gasteiger partial charge in [0.2, 0.25) is 0 Å². The fourth-order valence-corrected chi connectivity index (χ4v) is 3.26. The molecular formula is C20H16O2. The van der Waals surface area contributed by atoms with Crippen molar-refractivity contribution in [2.75, 3.05) is 0 Å². The SMILES string of the molecule is Cc1c(O)c(O)c2c(ccc3cc4ccccc4cc32)c1C. The molecule has 4 aromatic rings. The fourth-order valence-electron chi connectivity index (χ4n) is 3.26. The zero-order valence-electron chi connectivity index (χ0n) is 12.5. The van der Waals surface area contributed by atoms with E-state index in [2.05, 4.69) is 30.3 Å². The van der Waals surface area contributed by atoms with E-state index in [9.17, 15) is 10.2 Å². The number of rotatable bonds is 0. The number of benzene rings is 4. The Kier molecular flexibility index (Phi) is 2.58. The second kappa shape index (κ2) is 4.38. The Morgan fingerprint density at radius 1 is 0.636 bits per heavy atom. The van der Waals surface area contributed by atoms with Crippen LogP contribution in [0.2, 0.25) is 0 Å². The predicted molar refractivity (Wildman–Crippen MR) is 91.8 cm³/mol. The second-order valence-corrected chi connectivity index (χ2v) is 5.86. The van der Waals surface area contributed by atoms with Gasteiger partial charge in [-0.25, -0.2) is 0 Å². The molecule has 0 atom stereocenters. The van der Waals surface area contributed by atoms with Gasteiger partial charge in [-0.15, -0.1) is 0 Å². The predicted octanol–water partition coefficient (Wildman–Crippen LogP) is 5.17. The molecule has 22 heavy (non-hydrogen) atoms. The van der Waals surface area contributed by atoms with Gasteiger partial charge in [-0.2, -0.15) is 0 Å². The maximum absolute atomic E-state index is 10.5. The number of fused-ring (bicyclic) bond motifs is 4. The second-order valence-electron chi connectivity index (χ2n) is 5.86. The summed E-state index contributed by atoms with van der Waals surface area (Å²) in [5.41, 5.74) is 1.73. The summed E-state index contributed by atoms with van der Waals surface area (Å²) >= 11 is 0. The first kappa shape index (κ1) is 13.0. The molecule has 0 aliphatic carbocycles. The minimum Gasteiger partial charge on any atom is -0.504 e. The summed E-state index contributed by atoms with van der Waals surface area (Å²) in [5, 5.41) is 26.7. The Morgan fingerprint density at radius 2 is 1.32 bits per heavy atom. The molecule has 0 heterocycles. The number of aromatic hydroxyl groups is 2. The van der Waals surface area contributed by atoms with Crippen LogP contribution in [0.25, 0.3) is 32.3 Å². The van der Waals surface area contributed by atoms with Crippen LogP contribution >= 0.6 is 0 Å². The molecule has 2 N–H and O–H groups in total. The monoisotopic (exact) mass is 288 g/mol. The maximum atomic E-state index is 10.5. The van der Waals surface area contributed by atoms with Crippen molar-refractivity contribution in [3.8, 4) is 11.5 Å². The van der Waals surface area contributed by atoms with E-state index in [4.69, 9.17) is 0 Å². The van der Waals surface area contributed by atoms with Gasteiger partial charge in [0, 0.05) is 5.39 Å². The molecule has 2 heteroatoms. The average Bonchev–Trinajstić information content (AvgIpc) is 2.55. The lowest BCUT2D eigenvalue weighted by Gasteiger charge is -2.14. The highest BCUT2D eigenvalue weighted by Crippen LogP contribution is 2.43. The van der Waals surface area contributed by atoms with Crippen LogP contribution in [-0.4, -0.2) is 10.2 Å². The van der Waals surface area contributed by atoms with Crippen molar-refractivity contribution in [2.24, 2.45) is 0 Å². The summed E-state index contributed by atoms with van der Waals surface area (Å²) < 4.78 is 0. The van der Waals surface area contributed by atoms with Gasteiger partial charge in [0.05, 0.1) is 0 Å². The Bertz CT molecular complexity index is 1060. The summed E-state index contributed by atoms with van der Waals surface area (Å²) in [6.07, 6.45) is 0. The van der Waals surface area contributed by atoms with Gasteiger partial charge in [-0.3, -0.25) is 0 Å². The smallest absolute Gasteiger partial charge is 0.166 e. The largest absolute Gasteiger partial charge is 0.504 e. The Hall–Kier alpha value is -2.74. The number of hydrogen-bond acceptors (Lipinski definition) is 2. The van der Waals surface area contributed by atoms with Crippen molar-refractivity contribution in [2.45, 2.75) is 13.8 Å². The van der Waals surface area contributed by atoms with Gasteiger partial charge < -0.3 is 10.2 Å². The van der Waals surface area contributed by atoms with Crippen LogP contribution in [0.15, 0.2) is 48.5 Å². The molecular weight excluding hydrogens is 272 g/mol. The maximum Gasteiger partial charge on any atom is 0.166 e. The summed E-state index contributed by atoms with van der Waals surface area (Å²) in [6.45, 7) is 3.80. The van der Waals surface area contributed by atoms with E-state index in [0.29, 0.717) is 0 Å². The first-order valence-electron chi connectivity index (χ1n) is 7.34.